The highest BCUT2D eigenvalue weighted by Gasteiger charge is 2.12. The van der Waals surface area contributed by atoms with Crippen molar-refractivity contribution in [1.29, 1.82) is 5.26 Å². The minimum atomic E-state index is -0.307. The Bertz CT molecular complexity index is 1450. The lowest BCUT2D eigenvalue weighted by Gasteiger charge is -2.12. The highest BCUT2D eigenvalue weighted by molar-refractivity contribution is 6.36. The number of nitriles is 1. The molecule has 0 saturated carbocycles. The van der Waals surface area contributed by atoms with Gasteiger partial charge < -0.3 is 15.7 Å². The second kappa shape index (κ2) is 12.9. The summed E-state index contributed by atoms with van der Waals surface area (Å²) in [7, 11) is 0. The number of rotatable bonds is 10. The number of aromatic nitrogens is 2. The van der Waals surface area contributed by atoms with Crippen molar-refractivity contribution >= 4 is 40.7 Å². The number of nitrogens with one attached hydrogen (secondary N) is 2. The van der Waals surface area contributed by atoms with Crippen molar-refractivity contribution in [3.8, 4) is 11.8 Å². The lowest BCUT2D eigenvalue weighted by molar-refractivity contribution is 0.0950. The van der Waals surface area contributed by atoms with Gasteiger partial charge in [0.05, 0.1) is 22.9 Å². The van der Waals surface area contributed by atoms with Gasteiger partial charge in [-0.3, -0.25) is 4.79 Å². The molecule has 4 rings (SSSR count). The summed E-state index contributed by atoms with van der Waals surface area (Å²) in [6, 6.07) is 22.9. The van der Waals surface area contributed by atoms with E-state index in [9.17, 15) is 9.90 Å². The molecule has 0 unspecified atom stereocenters. The zero-order chi connectivity index (χ0) is 26.9. The number of carbonyl (C=O) groups is 1. The van der Waals surface area contributed by atoms with E-state index in [1.807, 2.05) is 6.07 Å². The molecule has 0 fully saturated rings. The quantitative estimate of drug-likeness (QED) is 0.197. The molecule has 1 aromatic heterocycles. The molecule has 1 heterocycles. The molecule has 9 heteroatoms. The maximum atomic E-state index is 12.3. The lowest BCUT2D eigenvalue weighted by Crippen LogP contribution is -2.24. The summed E-state index contributed by atoms with van der Waals surface area (Å²) in [6.07, 6.45) is 2.61. The Kier molecular flexibility index (Phi) is 9.15. The molecular weight excluding hydrogens is 521 g/mol. The molecule has 0 spiro atoms. The van der Waals surface area contributed by atoms with Crippen LogP contribution in [0.5, 0.6) is 5.75 Å². The fraction of sp³-hybridized carbons (Fsp3) is 0.172. The molecule has 4 aromatic rings. The van der Waals surface area contributed by atoms with Crippen LogP contribution in [0.2, 0.25) is 10.0 Å². The number of halogens is 2. The van der Waals surface area contributed by atoms with Gasteiger partial charge in [0, 0.05) is 34.4 Å². The third-order valence-corrected chi connectivity index (χ3v) is 6.52. The van der Waals surface area contributed by atoms with E-state index in [1.165, 1.54) is 6.07 Å². The molecule has 7 nitrogen and oxygen atoms in total. The van der Waals surface area contributed by atoms with Gasteiger partial charge in [0.1, 0.15) is 5.75 Å². The van der Waals surface area contributed by atoms with Gasteiger partial charge in [0.25, 0.3) is 5.91 Å². The SMILES string of the molecule is N#Cc1ccc(Nc2nc(CCCCNC(=O)c3ccccc3O)cc(Cc3c(Cl)cccc3Cl)n2)cc1. The first-order valence-electron chi connectivity index (χ1n) is 12.1. The van der Waals surface area contributed by atoms with E-state index in [1.54, 1.807) is 60.7 Å². The van der Waals surface area contributed by atoms with Crippen molar-refractivity contribution in [2.45, 2.75) is 25.7 Å². The van der Waals surface area contributed by atoms with E-state index in [0.29, 0.717) is 40.9 Å². The number of carbonyl (C=O) groups excluding carboxylic acids is 1. The van der Waals surface area contributed by atoms with Gasteiger partial charge in [-0.2, -0.15) is 5.26 Å². The summed E-state index contributed by atoms with van der Waals surface area (Å²) in [6.45, 7) is 0.469. The number of benzene rings is 3. The van der Waals surface area contributed by atoms with Crippen molar-refractivity contribution in [2.24, 2.45) is 0 Å². The van der Waals surface area contributed by atoms with Gasteiger partial charge >= 0.3 is 0 Å². The third kappa shape index (κ3) is 7.22. The van der Waals surface area contributed by atoms with Gasteiger partial charge in [-0.05, 0) is 79.4 Å². The Balaban J connectivity index is 1.44. The number of aromatic hydroxyl groups is 1. The van der Waals surface area contributed by atoms with Crippen LogP contribution >= 0.6 is 23.2 Å². The number of nitrogens with zero attached hydrogens (tertiary/aromatic N) is 3. The third-order valence-electron chi connectivity index (χ3n) is 5.82. The number of unbranched alkanes of at least 4 members (excludes halogenated alkanes) is 1. The predicted octanol–water partition coefficient (Wildman–Crippen LogP) is 6.45. The fourth-order valence-corrected chi connectivity index (χ4v) is 4.39. The summed E-state index contributed by atoms with van der Waals surface area (Å²) in [5, 5.41) is 26.1. The zero-order valence-electron chi connectivity index (χ0n) is 20.4. The van der Waals surface area contributed by atoms with Crippen LogP contribution in [-0.2, 0) is 12.8 Å². The number of amides is 1. The average molecular weight is 546 g/mol. The van der Waals surface area contributed by atoms with Crippen LogP contribution in [0.3, 0.4) is 0 Å². The summed E-state index contributed by atoms with van der Waals surface area (Å²) in [5.74, 6) is 0.0793. The number of para-hydroxylation sites is 1. The Labute approximate surface area is 231 Å². The number of hydrogen-bond donors (Lipinski definition) is 3. The topological polar surface area (TPSA) is 111 Å². The van der Waals surface area contributed by atoms with Gasteiger partial charge in [-0.15, -0.1) is 0 Å². The summed E-state index contributed by atoms with van der Waals surface area (Å²) >= 11 is 12.8. The smallest absolute Gasteiger partial charge is 0.255 e. The fourth-order valence-electron chi connectivity index (χ4n) is 3.86. The van der Waals surface area contributed by atoms with Gasteiger partial charge in [-0.1, -0.05) is 41.4 Å². The Morgan fingerprint density at radius 2 is 1.63 bits per heavy atom. The molecule has 3 aromatic carbocycles. The minimum Gasteiger partial charge on any atom is -0.507 e. The molecule has 0 bridgehead atoms. The van der Waals surface area contributed by atoms with Gasteiger partial charge in [0.2, 0.25) is 5.95 Å². The first kappa shape index (κ1) is 26.9. The van der Waals surface area contributed by atoms with Crippen molar-refractivity contribution in [2.75, 3.05) is 11.9 Å². The van der Waals surface area contributed by atoms with Gasteiger partial charge in [0.15, 0.2) is 0 Å². The molecule has 0 radical (unpaired) electrons. The van der Waals surface area contributed by atoms with Crippen LogP contribution in [0, 0.1) is 11.3 Å². The molecule has 1 amide bonds. The Morgan fingerprint density at radius 3 is 2.34 bits per heavy atom. The Hall–Kier alpha value is -4.12. The molecule has 0 aliphatic heterocycles. The first-order chi connectivity index (χ1) is 18.4. The second-order valence-electron chi connectivity index (χ2n) is 8.60. The number of phenols is 1. The van der Waals surface area contributed by atoms with E-state index in [-0.39, 0.29) is 17.2 Å². The first-order valence-corrected chi connectivity index (χ1v) is 12.8. The molecule has 0 aliphatic carbocycles. The number of anilines is 2. The molecule has 192 valence electrons. The van der Waals surface area contributed by atoms with E-state index in [2.05, 4.69) is 26.7 Å². The highest BCUT2D eigenvalue weighted by atomic mass is 35.5. The van der Waals surface area contributed by atoms with E-state index < -0.39 is 0 Å². The molecule has 3 N–H and O–H groups in total. The Morgan fingerprint density at radius 1 is 0.921 bits per heavy atom. The maximum absolute atomic E-state index is 12.3. The minimum absolute atomic E-state index is 0.0422. The van der Waals surface area contributed by atoms with Crippen molar-refractivity contribution in [3.63, 3.8) is 0 Å². The summed E-state index contributed by atoms with van der Waals surface area (Å²) in [4.78, 5) is 21.6. The van der Waals surface area contributed by atoms with Gasteiger partial charge in [-0.25, -0.2) is 9.97 Å². The standard InChI is InChI=1S/C29H25Cl2N5O2/c30-25-8-5-9-26(31)24(25)17-22-16-21(35-29(36-22)34-20-13-11-19(18-32)12-14-20)6-3-4-15-33-28(38)23-7-1-2-10-27(23)37/h1-2,5,7-14,16,37H,3-4,6,15,17H2,(H,33,38)(H,34,35,36). The van der Waals surface area contributed by atoms with E-state index in [4.69, 9.17) is 28.5 Å². The summed E-state index contributed by atoms with van der Waals surface area (Å²) in [5.41, 5.74) is 3.96. The van der Waals surface area contributed by atoms with E-state index in [0.717, 1.165) is 35.5 Å². The van der Waals surface area contributed by atoms with Crippen LogP contribution in [0.1, 0.15) is 45.7 Å². The monoisotopic (exact) mass is 545 g/mol. The lowest BCUT2D eigenvalue weighted by atomic mass is 10.1. The van der Waals surface area contributed by atoms with Crippen molar-refractivity contribution < 1.29 is 9.90 Å². The molecular formula is C29H25Cl2N5O2. The van der Waals surface area contributed by atoms with Crippen LogP contribution in [0.15, 0.2) is 72.8 Å². The van der Waals surface area contributed by atoms with Crippen LogP contribution < -0.4 is 10.6 Å². The number of aryl methyl sites for hydroxylation is 1. The second-order valence-corrected chi connectivity index (χ2v) is 9.41. The number of hydrogen-bond acceptors (Lipinski definition) is 6. The normalized spacial score (nSPS) is 10.6. The average Bonchev–Trinajstić information content (AvgIpc) is 2.91. The largest absolute Gasteiger partial charge is 0.507 e. The molecule has 0 saturated heterocycles. The van der Waals surface area contributed by atoms with E-state index >= 15 is 0 Å². The molecule has 38 heavy (non-hydrogen) atoms. The number of phenolic OH excluding ortho intramolecular Hbond substituents is 1. The molecule has 0 atom stereocenters. The predicted molar refractivity (Wildman–Crippen MR) is 149 cm³/mol. The summed E-state index contributed by atoms with van der Waals surface area (Å²) < 4.78 is 0. The zero-order valence-corrected chi connectivity index (χ0v) is 21.9. The maximum Gasteiger partial charge on any atom is 0.255 e. The highest BCUT2D eigenvalue weighted by Crippen LogP contribution is 2.27. The van der Waals surface area contributed by atoms with Crippen LogP contribution in [0.4, 0.5) is 11.6 Å². The van der Waals surface area contributed by atoms with Crippen molar-refractivity contribution in [3.05, 3.63) is 111 Å². The molecule has 0 aliphatic rings. The van der Waals surface area contributed by atoms with Crippen LogP contribution in [0.25, 0.3) is 0 Å². The van der Waals surface area contributed by atoms with Crippen LogP contribution in [-0.4, -0.2) is 27.5 Å². The van der Waals surface area contributed by atoms with Crippen molar-refractivity contribution in [1.82, 2.24) is 15.3 Å².